The molecule has 1 atom stereocenters. The number of hydrogen-bond donors (Lipinski definition) is 2. The van der Waals surface area contributed by atoms with Crippen molar-refractivity contribution < 1.29 is 14.7 Å². The number of aromatic nitrogens is 2. The summed E-state index contributed by atoms with van der Waals surface area (Å²) in [6.07, 6.45) is 4.92. The van der Waals surface area contributed by atoms with Crippen molar-refractivity contribution in [3.63, 3.8) is 0 Å². The summed E-state index contributed by atoms with van der Waals surface area (Å²) in [7, 11) is 0. The largest absolute Gasteiger partial charge is 0.481 e. The van der Waals surface area contributed by atoms with Gasteiger partial charge >= 0.3 is 5.97 Å². The molecule has 0 radical (unpaired) electrons. The zero-order valence-electron chi connectivity index (χ0n) is 13.1. The van der Waals surface area contributed by atoms with Crippen molar-refractivity contribution in [1.82, 2.24) is 15.1 Å². The van der Waals surface area contributed by atoms with Gasteiger partial charge in [-0.1, -0.05) is 25.5 Å². The number of amides is 1. The van der Waals surface area contributed by atoms with Crippen molar-refractivity contribution in [2.75, 3.05) is 6.54 Å². The lowest BCUT2D eigenvalue weighted by atomic mass is 10.0. The summed E-state index contributed by atoms with van der Waals surface area (Å²) in [5, 5.41) is 15.9. The summed E-state index contributed by atoms with van der Waals surface area (Å²) < 4.78 is 1.80. The van der Waals surface area contributed by atoms with E-state index in [0.29, 0.717) is 18.5 Å². The number of aliphatic carboxylic acids is 1. The quantitative estimate of drug-likeness (QED) is 0.782. The van der Waals surface area contributed by atoms with Crippen molar-refractivity contribution in [3.8, 4) is 0 Å². The minimum Gasteiger partial charge on any atom is -0.481 e. The average Bonchev–Trinajstić information content (AvgIpc) is 3.04. The van der Waals surface area contributed by atoms with Gasteiger partial charge in [-0.15, -0.1) is 0 Å². The van der Waals surface area contributed by atoms with E-state index in [0.717, 1.165) is 12.0 Å². The maximum atomic E-state index is 12.1. The Balaban J connectivity index is 1.90. The van der Waals surface area contributed by atoms with Gasteiger partial charge in [-0.3, -0.25) is 14.3 Å². The third-order valence-electron chi connectivity index (χ3n) is 3.62. The second-order valence-corrected chi connectivity index (χ2v) is 5.43. The maximum absolute atomic E-state index is 12.1. The zero-order valence-corrected chi connectivity index (χ0v) is 13.1. The van der Waals surface area contributed by atoms with E-state index < -0.39 is 11.9 Å². The van der Waals surface area contributed by atoms with Crippen LogP contribution in [0.1, 0.15) is 35.7 Å². The molecule has 0 aliphatic carbocycles. The minimum atomic E-state index is -0.873. The molecular formula is C17H21N3O3. The van der Waals surface area contributed by atoms with Gasteiger partial charge in [-0.05, 0) is 30.2 Å². The van der Waals surface area contributed by atoms with Crippen molar-refractivity contribution >= 4 is 11.9 Å². The Labute approximate surface area is 135 Å². The molecule has 6 nitrogen and oxygen atoms in total. The van der Waals surface area contributed by atoms with E-state index in [9.17, 15) is 9.59 Å². The molecule has 2 N–H and O–H groups in total. The van der Waals surface area contributed by atoms with Gasteiger partial charge in [0.1, 0.15) is 0 Å². The molecule has 1 aromatic heterocycles. The number of nitrogens with zero attached hydrogens (tertiary/aromatic N) is 2. The van der Waals surface area contributed by atoms with Crippen LogP contribution in [0.15, 0.2) is 42.7 Å². The van der Waals surface area contributed by atoms with Crippen LogP contribution < -0.4 is 5.32 Å². The third kappa shape index (κ3) is 4.95. The Bertz CT molecular complexity index is 636. The summed E-state index contributed by atoms with van der Waals surface area (Å²) in [6, 6.07) is 9.08. The number of carbonyl (C=O) groups is 2. The summed E-state index contributed by atoms with van der Waals surface area (Å²) in [5.41, 5.74) is 1.56. The van der Waals surface area contributed by atoms with Crippen LogP contribution in [-0.4, -0.2) is 33.3 Å². The SMILES string of the molecule is CCCC(CNC(=O)c1ccc(Cn2cccn2)cc1)C(=O)O. The second-order valence-electron chi connectivity index (χ2n) is 5.43. The summed E-state index contributed by atoms with van der Waals surface area (Å²) in [6.45, 7) is 2.72. The number of benzene rings is 1. The Morgan fingerprint density at radius 1 is 1.30 bits per heavy atom. The van der Waals surface area contributed by atoms with Gasteiger partial charge in [-0.25, -0.2) is 0 Å². The standard InChI is InChI=1S/C17H21N3O3/c1-2-4-15(17(22)23)11-18-16(21)14-7-5-13(6-8-14)12-20-10-3-9-19-20/h3,5-10,15H,2,4,11-12H2,1H3,(H,18,21)(H,22,23). The van der Waals surface area contributed by atoms with Crippen LogP contribution in [0.25, 0.3) is 0 Å². The number of carboxylic acids is 1. The molecule has 0 bridgehead atoms. The number of carbonyl (C=O) groups excluding carboxylic acids is 1. The third-order valence-corrected chi connectivity index (χ3v) is 3.62. The number of carboxylic acid groups (broad SMARTS) is 1. The van der Waals surface area contributed by atoms with Gasteiger partial charge in [0.15, 0.2) is 0 Å². The van der Waals surface area contributed by atoms with Crippen LogP contribution in [0.4, 0.5) is 0 Å². The first-order chi connectivity index (χ1) is 11.1. The highest BCUT2D eigenvalue weighted by molar-refractivity contribution is 5.94. The van der Waals surface area contributed by atoms with E-state index in [1.807, 2.05) is 31.3 Å². The molecular weight excluding hydrogens is 294 g/mol. The van der Waals surface area contributed by atoms with Crippen molar-refractivity contribution in [2.24, 2.45) is 5.92 Å². The van der Waals surface area contributed by atoms with Gasteiger partial charge in [0.05, 0.1) is 12.5 Å². The summed E-state index contributed by atoms with van der Waals surface area (Å²) in [5.74, 6) is -1.66. The Morgan fingerprint density at radius 2 is 2.04 bits per heavy atom. The Hall–Kier alpha value is -2.63. The molecule has 1 unspecified atom stereocenters. The van der Waals surface area contributed by atoms with Crippen molar-refractivity contribution in [3.05, 3.63) is 53.9 Å². The van der Waals surface area contributed by atoms with Crippen LogP contribution >= 0.6 is 0 Å². The molecule has 6 heteroatoms. The second kappa shape index (κ2) is 8.12. The average molecular weight is 315 g/mol. The molecule has 0 saturated carbocycles. The molecule has 0 aliphatic rings. The molecule has 0 fully saturated rings. The topological polar surface area (TPSA) is 84.2 Å². The number of rotatable bonds is 8. The zero-order chi connectivity index (χ0) is 16.7. The van der Waals surface area contributed by atoms with E-state index in [2.05, 4.69) is 10.4 Å². The first kappa shape index (κ1) is 16.7. The van der Waals surface area contributed by atoms with E-state index >= 15 is 0 Å². The molecule has 2 aromatic rings. The first-order valence-electron chi connectivity index (χ1n) is 7.67. The van der Waals surface area contributed by atoms with Crippen LogP contribution in [0.3, 0.4) is 0 Å². The number of hydrogen-bond acceptors (Lipinski definition) is 3. The summed E-state index contributed by atoms with van der Waals surface area (Å²) >= 11 is 0. The summed E-state index contributed by atoms with van der Waals surface area (Å²) in [4.78, 5) is 23.2. The fourth-order valence-electron chi connectivity index (χ4n) is 2.32. The Morgan fingerprint density at radius 3 is 2.61 bits per heavy atom. The molecule has 23 heavy (non-hydrogen) atoms. The molecule has 0 aliphatic heterocycles. The predicted molar refractivity (Wildman–Crippen MR) is 86.1 cm³/mol. The minimum absolute atomic E-state index is 0.150. The lowest BCUT2D eigenvalue weighted by Crippen LogP contribution is -2.32. The molecule has 122 valence electrons. The van der Waals surface area contributed by atoms with Crippen molar-refractivity contribution in [2.45, 2.75) is 26.3 Å². The van der Waals surface area contributed by atoms with E-state index in [4.69, 9.17) is 5.11 Å². The van der Waals surface area contributed by atoms with Gasteiger partial charge < -0.3 is 10.4 Å². The number of nitrogens with one attached hydrogen (secondary N) is 1. The fourth-order valence-corrected chi connectivity index (χ4v) is 2.32. The van der Waals surface area contributed by atoms with Gasteiger partial charge in [0, 0.05) is 24.5 Å². The first-order valence-corrected chi connectivity index (χ1v) is 7.67. The smallest absolute Gasteiger partial charge is 0.308 e. The normalized spacial score (nSPS) is 11.9. The highest BCUT2D eigenvalue weighted by atomic mass is 16.4. The Kier molecular flexibility index (Phi) is 5.91. The van der Waals surface area contributed by atoms with Crippen LogP contribution in [0, 0.1) is 5.92 Å². The molecule has 1 amide bonds. The van der Waals surface area contributed by atoms with Crippen LogP contribution in [-0.2, 0) is 11.3 Å². The molecule has 2 rings (SSSR count). The monoisotopic (exact) mass is 315 g/mol. The van der Waals surface area contributed by atoms with Crippen LogP contribution in [0.5, 0.6) is 0 Å². The molecule has 1 aromatic carbocycles. The van der Waals surface area contributed by atoms with Crippen molar-refractivity contribution in [1.29, 1.82) is 0 Å². The lowest BCUT2D eigenvalue weighted by Gasteiger charge is -2.12. The fraction of sp³-hybridized carbons (Fsp3) is 0.353. The van der Waals surface area contributed by atoms with E-state index in [1.54, 1.807) is 23.0 Å². The van der Waals surface area contributed by atoms with Gasteiger partial charge in [0.25, 0.3) is 5.91 Å². The molecule has 0 spiro atoms. The highest BCUT2D eigenvalue weighted by Gasteiger charge is 2.17. The van der Waals surface area contributed by atoms with E-state index in [1.165, 1.54) is 0 Å². The highest BCUT2D eigenvalue weighted by Crippen LogP contribution is 2.08. The van der Waals surface area contributed by atoms with Gasteiger partial charge in [0.2, 0.25) is 0 Å². The van der Waals surface area contributed by atoms with Crippen LogP contribution in [0.2, 0.25) is 0 Å². The molecule has 1 heterocycles. The predicted octanol–water partition coefficient (Wildman–Crippen LogP) is 2.16. The molecule has 0 saturated heterocycles. The lowest BCUT2D eigenvalue weighted by molar-refractivity contribution is -0.141. The maximum Gasteiger partial charge on any atom is 0.308 e. The van der Waals surface area contributed by atoms with E-state index in [-0.39, 0.29) is 12.5 Å². The van der Waals surface area contributed by atoms with Gasteiger partial charge in [-0.2, -0.15) is 5.10 Å².